The van der Waals surface area contributed by atoms with Gasteiger partial charge in [-0.2, -0.15) is 5.10 Å². The van der Waals surface area contributed by atoms with Gasteiger partial charge >= 0.3 is 5.69 Å². The number of hydrogen-bond acceptors (Lipinski definition) is 6. The lowest BCUT2D eigenvalue weighted by atomic mass is 10.2. The fourth-order valence-electron chi connectivity index (χ4n) is 1.98. The van der Waals surface area contributed by atoms with Crippen molar-refractivity contribution in [3.63, 3.8) is 0 Å². The molecule has 8 nitrogen and oxygen atoms in total. The molecular weight excluding hydrogens is 276 g/mol. The van der Waals surface area contributed by atoms with Crippen molar-refractivity contribution in [3.8, 4) is 0 Å². The highest BCUT2D eigenvalue weighted by Gasteiger charge is 2.19. The van der Waals surface area contributed by atoms with Gasteiger partial charge in [0.2, 0.25) is 0 Å². The molecule has 0 unspecified atom stereocenters. The molecule has 8 heteroatoms. The number of nitro groups is 2. The van der Waals surface area contributed by atoms with E-state index in [4.69, 9.17) is 0 Å². The monoisotopic (exact) mass is 290 g/mol. The number of rotatable bonds is 4. The van der Waals surface area contributed by atoms with Gasteiger partial charge < -0.3 is 0 Å². The van der Waals surface area contributed by atoms with Crippen LogP contribution in [0.15, 0.2) is 35.5 Å². The van der Waals surface area contributed by atoms with E-state index in [1.807, 2.05) is 12.2 Å². The van der Waals surface area contributed by atoms with Gasteiger partial charge in [0, 0.05) is 6.07 Å². The summed E-state index contributed by atoms with van der Waals surface area (Å²) in [7, 11) is 0. The zero-order chi connectivity index (χ0) is 15.2. The van der Waals surface area contributed by atoms with Crippen LogP contribution in [0.5, 0.6) is 0 Å². The van der Waals surface area contributed by atoms with Crippen LogP contribution in [-0.4, -0.2) is 15.6 Å². The molecule has 0 aliphatic heterocycles. The number of nitro benzene ring substituents is 2. The first kappa shape index (κ1) is 14.6. The number of non-ortho nitro benzene ring substituents is 1. The van der Waals surface area contributed by atoms with E-state index in [1.54, 1.807) is 0 Å². The van der Waals surface area contributed by atoms with Crippen LogP contribution in [0.1, 0.15) is 25.7 Å². The lowest BCUT2D eigenvalue weighted by Gasteiger charge is -2.04. The van der Waals surface area contributed by atoms with Crippen molar-refractivity contribution in [1.29, 1.82) is 0 Å². The Labute approximate surface area is 120 Å². The predicted molar refractivity (Wildman–Crippen MR) is 78.4 cm³/mol. The van der Waals surface area contributed by atoms with Crippen LogP contribution in [-0.2, 0) is 0 Å². The first-order valence-electron chi connectivity index (χ1n) is 6.50. The molecule has 0 bridgehead atoms. The van der Waals surface area contributed by atoms with Crippen molar-refractivity contribution in [2.75, 3.05) is 5.43 Å². The van der Waals surface area contributed by atoms with Crippen molar-refractivity contribution in [2.24, 2.45) is 5.10 Å². The average molecular weight is 290 g/mol. The summed E-state index contributed by atoms with van der Waals surface area (Å²) in [6.07, 6.45) is 7.79. The molecule has 1 aromatic carbocycles. The van der Waals surface area contributed by atoms with Crippen molar-refractivity contribution >= 4 is 22.8 Å². The van der Waals surface area contributed by atoms with E-state index in [2.05, 4.69) is 10.5 Å². The van der Waals surface area contributed by atoms with Gasteiger partial charge in [-0.1, -0.05) is 6.08 Å². The third-order valence-electron chi connectivity index (χ3n) is 3.07. The van der Waals surface area contributed by atoms with Crippen LogP contribution in [0.25, 0.3) is 0 Å². The van der Waals surface area contributed by atoms with Gasteiger partial charge in [-0.3, -0.25) is 25.7 Å². The molecular formula is C13H14N4O4. The van der Waals surface area contributed by atoms with E-state index < -0.39 is 9.85 Å². The van der Waals surface area contributed by atoms with Gasteiger partial charge in [-0.05, 0) is 37.8 Å². The number of anilines is 1. The minimum atomic E-state index is -0.670. The second-order valence-electron chi connectivity index (χ2n) is 4.58. The van der Waals surface area contributed by atoms with E-state index in [1.165, 1.54) is 12.1 Å². The number of nitrogens with zero attached hydrogens (tertiary/aromatic N) is 3. The van der Waals surface area contributed by atoms with Crippen LogP contribution in [0, 0.1) is 20.2 Å². The molecule has 0 saturated carbocycles. The maximum absolute atomic E-state index is 11.0. The molecule has 0 heterocycles. The summed E-state index contributed by atoms with van der Waals surface area (Å²) < 4.78 is 0. The van der Waals surface area contributed by atoms with E-state index in [0.29, 0.717) is 0 Å². The minimum absolute atomic E-state index is 0.135. The molecule has 0 radical (unpaired) electrons. The fraction of sp³-hybridized carbons (Fsp3) is 0.308. The van der Waals surface area contributed by atoms with Crippen molar-refractivity contribution in [1.82, 2.24) is 0 Å². The SMILES string of the molecule is O=[N+]([O-])c1ccc(N/N=C2\C=CCCCC2)c([N+](=O)[O-])c1. The quantitative estimate of drug-likeness (QED) is 0.674. The highest BCUT2D eigenvalue weighted by atomic mass is 16.6. The Balaban J connectivity index is 2.24. The largest absolute Gasteiger partial charge is 0.301 e. The molecule has 110 valence electrons. The Morgan fingerprint density at radius 2 is 1.95 bits per heavy atom. The van der Waals surface area contributed by atoms with Crippen molar-refractivity contribution in [2.45, 2.75) is 25.7 Å². The third-order valence-corrected chi connectivity index (χ3v) is 3.07. The molecule has 1 aliphatic carbocycles. The van der Waals surface area contributed by atoms with Gasteiger partial charge in [0.1, 0.15) is 5.69 Å². The first-order chi connectivity index (χ1) is 10.1. The predicted octanol–water partition coefficient (Wildman–Crippen LogP) is 3.40. The molecule has 0 atom stereocenters. The van der Waals surface area contributed by atoms with Crippen LogP contribution < -0.4 is 5.43 Å². The summed E-state index contributed by atoms with van der Waals surface area (Å²) in [5.74, 6) is 0. The second kappa shape index (κ2) is 6.60. The molecule has 2 rings (SSSR count). The van der Waals surface area contributed by atoms with Crippen LogP contribution in [0.3, 0.4) is 0 Å². The fourth-order valence-corrected chi connectivity index (χ4v) is 1.98. The Kier molecular flexibility index (Phi) is 4.60. The van der Waals surface area contributed by atoms with E-state index in [9.17, 15) is 20.2 Å². The molecule has 1 N–H and O–H groups in total. The van der Waals surface area contributed by atoms with Gasteiger partial charge in [-0.25, -0.2) is 0 Å². The standard InChI is InChI=1S/C13H14N4O4/c18-16(19)11-7-8-12(13(9-11)17(20)21)15-14-10-5-3-1-2-4-6-10/h3,5,7-9,15H,1-2,4,6H2/b14-10+. The topological polar surface area (TPSA) is 111 Å². The molecule has 0 spiro atoms. The van der Waals surface area contributed by atoms with Crippen LogP contribution in [0.4, 0.5) is 17.1 Å². The molecule has 0 fully saturated rings. The lowest BCUT2D eigenvalue weighted by molar-refractivity contribution is -0.393. The third kappa shape index (κ3) is 3.85. The minimum Gasteiger partial charge on any atom is -0.271 e. The number of hydrazone groups is 1. The normalized spacial score (nSPS) is 16.5. The summed E-state index contributed by atoms with van der Waals surface area (Å²) in [6, 6.07) is 3.42. The van der Waals surface area contributed by atoms with Gasteiger partial charge in [0.05, 0.1) is 21.6 Å². The lowest BCUT2D eigenvalue weighted by Crippen LogP contribution is -2.01. The van der Waals surface area contributed by atoms with Gasteiger partial charge in [0.15, 0.2) is 0 Å². The summed E-state index contributed by atoms with van der Waals surface area (Å²) in [4.78, 5) is 20.3. The number of nitrogens with one attached hydrogen (secondary N) is 1. The summed E-state index contributed by atoms with van der Waals surface area (Å²) >= 11 is 0. The Hall–Kier alpha value is -2.77. The summed E-state index contributed by atoms with van der Waals surface area (Å²) in [6.45, 7) is 0. The van der Waals surface area contributed by atoms with Crippen LogP contribution >= 0.6 is 0 Å². The van der Waals surface area contributed by atoms with E-state index in [0.717, 1.165) is 37.5 Å². The molecule has 1 aromatic rings. The molecule has 0 saturated heterocycles. The number of benzene rings is 1. The van der Waals surface area contributed by atoms with Gasteiger partial charge in [-0.15, -0.1) is 0 Å². The first-order valence-corrected chi connectivity index (χ1v) is 6.50. The maximum atomic E-state index is 11.0. The molecule has 1 aliphatic rings. The summed E-state index contributed by atoms with van der Waals surface area (Å²) in [5.41, 5.74) is 2.88. The highest BCUT2D eigenvalue weighted by molar-refractivity contribution is 5.95. The maximum Gasteiger partial charge on any atom is 0.301 e. The summed E-state index contributed by atoms with van der Waals surface area (Å²) in [5, 5.41) is 25.8. The smallest absolute Gasteiger partial charge is 0.271 e. The molecule has 0 aromatic heterocycles. The zero-order valence-electron chi connectivity index (χ0n) is 11.2. The van der Waals surface area contributed by atoms with Gasteiger partial charge in [0.25, 0.3) is 5.69 Å². The van der Waals surface area contributed by atoms with Crippen molar-refractivity contribution in [3.05, 3.63) is 50.6 Å². The molecule has 0 amide bonds. The van der Waals surface area contributed by atoms with E-state index in [-0.39, 0.29) is 17.1 Å². The van der Waals surface area contributed by atoms with Crippen molar-refractivity contribution < 1.29 is 9.85 Å². The van der Waals surface area contributed by atoms with E-state index >= 15 is 0 Å². The number of hydrogen-bond donors (Lipinski definition) is 1. The number of allylic oxidation sites excluding steroid dienone is 2. The highest BCUT2D eigenvalue weighted by Crippen LogP contribution is 2.29. The molecule has 21 heavy (non-hydrogen) atoms. The zero-order valence-corrected chi connectivity index (χ0v) is 11.2. The average Bonchev–Trinajstić information content (AvgIpc) is 2.73. The second-order valence-corrected chi connectivity index (χ2v) is 4.58. The van der Waals surface area contributed by atoms with Crippen LogP contribution in [0.2, 0.25) is 0 Å². The Morgan fingerprint density at radius 3 is 2.67 bits per heavy atom. The Morgan fingerprint density at radius 1 is 1.14 bits per heavy atom. The Bertz CT molecular complexity index is 625.